The fourth-order valence-corrected chi connectivity index (χ4v) is 1.69. The Morgan fingerprint density at radius 2 is 2.07 bits per heavy atom. The minimum atomic E-state index is 0.472. The lowest BCUT2D eigenvalue weighted by atomic mass is 10.1. The smallest absolute Gasteiger partial charge is 0.0968 e. The van der Waals surface area contributed by atoms with Crippen molar-refractivity contribution >= 4 is 11.6 Å². The van der Waals surface area contributed by atoms with Gasteiger partial charge in [-0.25, -0.2) is 0 Å². The van der Waals surface area contributed by atoms with Gasteiger partial charge in [-0.15, -0.1) is 11.6 Å². The average molecular weight is 208 g/mol. The zero-order valence-corrected chi connectivity index (χ0v) is 8.54. The molecule has 0 saturated carbocycles. The summed E-state index contributed by atoms with van der Waals surface area (Å²) < 4.78 is 0. The van der Waals surface area contributed by atoms with Crippen LogP contribution in [-0.2, 0) is 5.88 Å². The largest absolute Gasteiger partial charge is 0.282 e. The molecule has 0 bridgehead atoms. The second-order valence-corrected chi connectivity index (χ2v) is 3.31. The van der Waals surface area contributed by atoms with Crippen LogP contribution < -0.4 is 0 Å². The molecule has 3 nitrogen and oxygen atoms in total. The number of aryl methyl sites for hydroxylation is 1. The molecule has 72 valence electrons. The fourth-order valence-electron chi connectivity index (χ4n) is 1.36. The van der Waals surface area contributed by atoms with E-state index in [2.05, 4.69) is 15.2 Å². The third kappa shape index (κ3) is 1.51. The molecule has 0 radical (unpaired) electrons. The Balaban J connectivity index is 2.52. The molecule has 0 atom stereocenters. The predicted molar refractivity (Wildman–Crippen MR) is 56.1 cm³/mol. The van der Waals surface area contributed by atoms with Gasteiger partial charge in [-0.2, -0.15) is 5.10 Å². The van der Waals surface area contributed by atoms with Crippen molar-refractivity contribution in [3.63, 3.8) is 0 Å². The zero-order valence-electron chi connectivity index (χ0n) is 7.79. The summed E-state index contributed by atoms with van der Waals surface area (Å²) in [6, 6.07) is 3.84. The van der Waals surface area contributed by atoms with Crippen LogP contribution in [0.5, 0.6) is 0 Å². The maximum Gasteiger partial charge on any atom is 0.0968 e. The number of aromatic amines is 1. The van der Waals surface area contributed by atoms with Crippen molar-refractivity contribution < 1.29 is 0 Å². The fraction of sp³-hybridized carbons (Fsp3) is 0.200. The third-order valence-electron chi connectivity index (χ3n) is 2.16. The molecule has 0 amide bonds. The van der Waals surface area contributed by atoms with Crippen LogP contribution in [-0.4, -0.2) is 15.2 Å². The molecule has 2 rings (SSSR count). The van der Waals surface area contributed by atoms with Crippen molar-refractivity contribution in [2.24, 2.45) is 0 Å². The van der Waals surface area contributed by atoms with Crippen molar-refractivity contribution in [2.75, 3.05) is 0 Å². The van der Waals surface area contributed by atoms with Gasteiger partial charge in [-0.05, 0) is 19.1 Å². The normalized spacial score (nSPS) is 10.4. The van der Waals surface area contributed by atoms with Crippen LogP contribution in [0, 0.1) is 6.92 Å². The van der Waals surface area contributed by atoms with Crippen LogP contribution in [0.1, 0.15) is 11.3 Å². The van der Waals surface area contributed by atoms with Crippen LogP contribution in [0.15, 0.2) is 24.5 Å². The van der Waals surface area contributed by atoms with E-state index in [9.17, 15) is 0 Å². The topological polar surface area (TPSA) is 41.6 Å². The number of H-pyrrole nitrogens is 1. The number of pyridine rings is 1. The zero-order chi connectivity index (χ0) is 9.97. The molecule has 14 heavy (non-hydrogen) atoms. The van der Waals surface area contributed by atoms with Crippen LogP contribution in [0.3, 0.4) is 0 Å². The Bertz CT molecular complexity index is 422. The molecule has 0 unspecified atom stereocenters. The van der Waals surface area contributed by atoms with Crippen molar-refractivity contribution in [2.45, 2.75) is 12.8 Å². The Kier molecular flexibility index (Phi) is 2.50. The van der Waals surface area contributed by atoms with Crippen molar-refractivity contribution in [3.8, 4) is 11.3 Å². The van der Waals surface area contributed by atoms with E-state index < -0.39 is 0 Å². The lowest BCUT2D eigenvalue weighted by Crippen LogP contribution is -1.84. The van der Waals surface area contributed by atoms with Crippen molar-refractivity contribution in [1.29, 1.82) is 0 Å². The maximum absolute atomic E-state index is 5.85. The number of nitrogens with zero attached hydrogens (tertiary/aromatic N) is 2. The Hall–Kier alpha value is -1.35. The summed E-state index contributed by atoms with van der Waals surface area (Å²) in [7, 11) is 0. The van der Waals surface area contributed by atoms with E-state index in [1.165, 1.54) is 0 Å². The lowest BCUT2D eigenvalue weighted by Gasteiger charge is -1.98. The van der Waals surface area contributed by atoms with Gasteiger partial charge in [0.25, 0.3) is 0 Å². The van der Waals surface area contributed by atoms with Gasteiger partial charge in [0.2, 0.25) is 0 Å². The van der Waals surface area contributed by atoms with Crippen LogP contribution in [0.2, 0.25) is 0 Å². The van der Waals surface area contributed by atoms with E-state index in [0.29, 0.717) is 5.88 Å². The third-order valence-corrected chi connectivity index (χ3v) is 2.43. The molecule has 0 aliphatic rings. The van der Waals surface area contributed by atoms with Crippen LogP contribution >= 0.6 is 11.6 Å². The number of aromatic nitrogens is 3. The maximum atomic E-state index is 5.85. The summed E-state index contributed by atoms with van der Waals surface area (Å²) >= 11 is 5.85. The Labute approximate surface area is 87.1 Å². The number of halogens is 1. The highest BCUT2D eigenvalue weighted by Gasteiger charge is 2.10. The number of hydrogen-bond donors (Lipinski definition) is 1. The minimum Gasteiger partial charge on any atom is -0.282 e. The quantitative estimate of drug-likeness (QED) is 0.769. The van der Waals surface area contributed by atoms with E-state index in [0.717, 1.165) is 22.5 Å². The average Bonchev–Trinajstić information content (AvgIpc) is 2.61. The molecule has 0 saturated heterocycles. The van der Waals surface area contributed by atoms with Crippen LogP contribution in [0.4, 0.5) is 0 Å². The predicted octanol–water partition coefficient (Wildman–Crippen LogP) is 2.52. The molecule has 4 heteroatoms. The highest BCUT2D eigenvalue weighted by Crippen LogP contribution is 2.23. The van der Waals surface area contributed by atoms with Gasteiger partial charge in [0.15, 0.2) is 0 Å². The van der Waals surface area contributed by atoms with Gasteiger partial charge in [0.1, 0.15) is 0 Å². The molecular weight excluding hydrogens is 198 g/mol. The number of rotatable bonds is 2. The second kappa shape index (κ2) is 3.80. The first-order valence-electron chi connectivity index (χ1n) is 4.33. The molecule has 2 aromatic heterocycles. The molecular formula is C10H10ClN3. The highest BCUT2D eigenvalue weighted by atomic mass is 35.5. The van der Waals surface area contributed by atoms with Gasteiger partial charge >= 0.3 is 0 Å². The molecule has 1 N–H and O–H groups in total. The van der Waals surface area contributed by atoms with E-state index in [4.69, 9.17) is 11.6 Å². The first kappa shape index (κ1) is 9.21. The molecule has 0 aliphatic carbocycles. The van der Waals surface area contributed by atoms with Gasteiger partial charge in [0, 0.05) is 29.2 Å². The van der Waals surface area contributed by atoms with Gasteiger partial charge < -0.3 is 0 Å². The SMILES string of the molecule is Cc1[nH]nc(-c2ccncc2)c1CCl. The molecule has 2 heterocycles. The lowest BCUT2D eigenvalue weighted by molar-refractivity contribution is 1.05. The molecule has 0 spiro atoms. The van der Waals surface area contributed by atoms with Gasteiger partial charge in [-0.3, -0.25) is 10.1 Å². The summed E-state index contributed by atoms with van der Waals surface area (Å²) in [6.07, 6.45) is 3.49. The van der Waals surface area contributed by atoms with E-state index in [1.807, 2.05) is 19.1 Å². The summed E-state index contributed by atoms with van der Waals surface area (Å²) in [5.41, 5.74) is 4.03. The summed E-state index contributed by atoms with van der Waals surface area (Å²) in [5.74, 6) is 0.472. The Morgan fingerprint density at radius 3 is 2.71 bits per heavy atom. The minimum absolute atomic E-state index is 0.472. The van der Waals surface area contributed by atoms with Gasteiger partial charge in [-0.1, -0.05) is 0 Å². The first-order chi connectivity index (χ1) is 6.83. The molecule has 2 aromatic rings. The van der Waals surface area contributed by atoms with Crippen LogP contribution in [0.25, 0.3) is 11.3 Å². The number of hydrogen-bond acceptors (Lipinski definition) is 2. The summed E-state index contributed by atoms with van der Waals surface area (Å²) in [6.45, 7) is 1.97. The summed E-state index contributed by atoms with van der Waals surface area (Å²) in [5, 5.41) is 7.15. The highest BCUT2D eigenvalue weighted by molar-refractivity contribution is 6.17. The molecule has 0 aliphatic heterocycles. The van der Waals surface area contributed by atoms with E-state index in [-0.39, 0.29) is 0 Å². The molecule has 0 fully saturated rings. The number of nitrogens with one attached hydrogen (secondary N) is 1. The van der Waals surface area contributed by atoms with E-state index >= 15 is 0 Å². The number of alkyl halides is 1. The monoisotopic (exact) mass is 207 g/mol. The standard InChI is InChI=1S/C10H10ClN3/c1-7-9(6-11)10(14-13-7)8-2-4-12-5-3-8/h2-5H,6H2,1H3,(H,13,14). The van der Waals surface area contributed by atoms with Crippen molar-refractivity contribution in [1.82, 2.24) is 15.2 Å². The summed E-state index contributed by atoms with van der Waals surface area (Å²) in [4.78, 5) is 3.96. The molecule has 0 aromatic carbocycles. The van der Waals surface area contributed by atoms with Crippen molar-refractivity contribution in [3.05, 3.63) is 35.8 Å². The van der Waals surface area contributed by atoms with E-state index in [1.54, 1.807) is 12.4 Å². The first-order valence-corrected chi connectivity index (χ1v) is 4.86. The Morgan fingerprint density at radius 1 is 1.36 bits per heavy atom. The second-order valence-electron chi connectivity index (χ2n) is 3.05. The van der Waals surface area contributed by atoms with Gasteiger partial charge in [0.05, 0.1) is 11.6 Å².